The van der Waals surface area contributed by atoms with Gasteiger partial charge in [0.05, 0.1) is 6.61 Å². The van der Waals surface area contributed by atoms with E-state index in [4.69, 9.17) is 4.74 Å². The summed E-state index contributed by atoms with van der Waals surface area (Å²) < 4.78 is 5.58. The fourth-order valence-corrected chi connectivity index (χ4v) is 2.49. The van der Waals surface area contributed by atoms with E-state index in [0.717, 1.165) is 25.3 Å². The van der Waals surface area contributed by atoms with Crippen LogP contribution in [0.4, 0.5) is 0 Å². The van der Waals surface area contributed by atoms with Gasteiger partial charge >= 0.3 is 0 Å². The van der Waals surface area contributed by atoms with Crippen LogP contribution in [0, 0.1) is 0 Å². The number of halogens is 1. The van der Waals surface area contributed by atoms with E-state index in [2.05, 4.69) is 34.7 Å². The first-order chi connectivity index (χ1) is 8.88. The number of benzene rings is 1. The summed E-state index contributed by atoms with van der Waals surface area (Å²) in [6.07, 6.45) is 5.48. The zero-order valence-corrected chi connectivity index (χ0v) is 11.8. The minimum Gasteiger partial charge on any atom is -1.00 e. The van der Waals surface area contributed by atoms with Gasteiger partial charge in [0.15, 0.2) is 0 Å². The standard InChI is InChI=1S/C15H18N2O.ClH/c1-2-18-12-3-4-15-13(9-12)14(10-17-15)11-5-7-16-8-6-11;/h3-5,9-10,16-17H,2,6-8H2,1H3;1H/p-1. The second-order valence-electron chi connectivity index (χ2n) is 4.53. The lowest BCUT2D eigenvalue weighted by molar-refractivity contribution is -0.00000425. The summed E-state index contributed by atoms with van der Waals surface area (Å²) in [5.74, 6) is 0.945. The van der Waals surface area contributed by atoms with E-state index in [0.29, 0.717) is 6.61 Å². The molecule has 0 fully saturated rings. The van der Waals surface area contributed by atoms with Crippen LogP contribution in [0.2, 0.25) is 0 Å². The predicted octanol–water partition coefficient (Wildman–Crippen LogP) is -0.0527. The number of ether oxygens (including phenoxy) is 1. The van der Waals surface area contributed by atoms with Crippen LogP contribution >= 0.6 is 0 Å². The van der Waals surface area contributed by atoms with Crippen molar-refractivity contribution in [3.8, 4) is 5.75 Å². The van der Waals surface area contributed by atoms with E-state index in [1.807, 2.05) is 13.0 Å². The Morgan fingerprint density at radius 1 is 1.32 bits per heavy atom. The molecule has 1 aliphatic heterocycles. The van der Waals surface area contributed by atoms with Crippen LogP contribution in [-0.2, 0) is 0 Å². The number of hydrogen-bond acceptors (Lipinski definition) is 2. The van der Waals surface area contributed by atoms with E-state index >= 15 is 0 Å². The molecule has 0 unspecified atom stereocenters. The van der Waals surface area contributed by atoms with Crippen molar-refractivity contribution in [2.75, 3.05) is 19.7 Å². The van der Waals surface area contributed by atoms with Crippen LogP contribution in [0.3, 0.4) is 0 Å². The maximum atomic E-state index is 5.58. The fourth-order valence-electron chi connectivity index (χ4n) is 2.49. The smallest absolute Gasteiger partial charge is 0.120 e. The summed E-state index contributed by atoms with van der Waals surface area (Å²) in [6.45, 7) is 4.74. The van der Waals surface area contributed by atoms with E-state index < -0.39 is 0 Å². The summed E-state index contributed by atoms with van der Waals surface area (Å²) in [6, 6.07) is 6.24. The molecule has 3 nitrogen and oxygen atoms in total. The van der Waals surface area contributed by atoms with Crippen molar-refractivity contribution in [3.05, 3.63) is 36.0 Å². The Hall–Kier alpha value is -1.45. The Kier molecular flexibility index (Phi) is 4.51. The molecule has 0 amide bonds. The highest BCUT2D eigenvalue weighted by Crippen LogP contribution is 2.30. The van der Waals surface area contributed by atoms with Crippen molar-refractivity contribution in [2.24, 2.45) is 0 Å². The molecular weight excluding hydrogens is 260 g/mol. The number of H-pyrrole nitrogens is 1. The van der Waals surface area contributed by atoms with Gasteiger partial charge < -0.3 is 27.4 Å². The molecule has 1 aromatic heterocycles. The largest absolute Gasteiger partial charge is 1.00 e. The van der Waals surface area contributed by atoms with E-state index in [-0.39, 0.29) is 12.4 Å². The lowest BCUT2D eigenvalue weighted by Gasteiger charge is -2.13. The second kappa shape index (κ2) is 6.13. The number of hydrogen-bond donors (Lipinski definition) is 2. The molecule has 19 heavy (non-hydrogen) atoms. The lowest BCUT2D eigenvalue weighted by Crippen LogP contribution is -3.00. The molecule has 0 aliphatic carbocycles. The maximum Gasteiger partial charge on any atom is 0.120 e. The first kappa shape index (κ1) is 14.0. The molecule has 4 heteroatoms. The summed E-state index contributed by atoms with van der Waals surface area (Å²) in [7, 11) is 0. The predicted molar refractivity (Wildman–Crippen MR) is 74.9 cm³/mol. The number of aromatic nitrogens is 1. The number of nitrogens with one attached hydrogen (secondary N) is 2. The minimum absolute atomic E-state index is 0. The first-order valence-corrected chi connectivity index (χ1v) is 6.52. The molecule has 0 saturated heterocycles. The third-order valence-electron chi connectivity index (χ3n) is 3.37. The minimum atomic E-state index is 0. The number of aromatic amines is 1. The van der Waals surface area contributed by atoms with Crippen molar-refractivity contribution in [1.29, 1.82) is 0 Å². The van der Waals surface area contributed by atoms with Gasteiger partial charge in [-0.15, -0.1) is 0 Å². The topological polar surface area (TPSA) is 37.0 Å². The van der Waals surface area contributed by atoms with Gasteiger partial charge in [0.2, 0.25) is 0 Å². The SMILES string of the molecule is CCOc1ccc2[nH]cc(C3=CCNCC3)c2c1.[Cl-]. The number of fused-ring (bicyclic) bond motifs is 1. The maximum absolute atomic E-state index is 5.58. The van der Waals surface area contributed by atoms with Crippen molar-refractivity contribution in [1.82, 2.24) is 10.3 Å². The van der Waals surface area contributed by atoms with E-state index in [9.17, 15) is 0 Å². The van der Waals surface area contributed by atoms with Gasteiger partial charge in [-0.25, -0.2) is 0 Å². The van der Waals surface area contributed by atoms with Gasteiger partial charge in [0, 0.05) is 29.2 Å². The van der Waals surface area contributed by atoms with Crippen molar-refractivity contribution < 1.29 is 17.1 Å². The number of rotatable bonds is 3. The van der Waals surface area contributed by atoms with Crippen LogP contribution in [-0.4, -0.2) is 24.7 Å². The van der Waals surface area contributed by atoms with Gasteiger partial charge in [0.25, 0.3) is 0 Å². The molecule has 1 aliphatic rings. The lowest BCUT2D eigenvalue weighted by atomic mass is 10.00. The van der Waals surface area contributed by atoms with Crippen LogP contribution < -0.4 is 22.5 Å². The highest BCUT2D eigenvalue weighted by atomic mass is 35.5. The van der Waals surface area contributed by atoms with Gasteiger partial charge in [-0.3, -0.25) is 0 Å². The molecule has 0 radical (unpaired) electrons. The Morgan fingerprint density at radius 2 is 2.21 bits per heavy atom. The normalized spacial score (nSPS) is 14.9. The molecule has 0 atom stereocenters. The van der Waals surface area contributed by atoms with Gasteiger partial charge in [-0.2, -0.15) is 0 Å². The quantitative estimate of drug-likeness (QED) is 0.825. The Labute approximate surface area is 119 Å². The molecule has 3 rings (SSSR count). The van der Waals surface area contributed by atoms with Gasteiger partial charge in [-0.05, 0) is 43.7 Å². The first-order valence-electron chi connectivity index (χ1n) is 6.52. The van der Waals surface area contributed by atoms with E-state index in [1.54, 1.807) is 0 Å². The van der Waals surface area contributed by atoms with Crippen LogP contribution in [0.1, 0.15) is 18.9 Å². The Morgan fingerprint density at radius 3 is 2.95 bits per heavy atom. The third-order valence-corrected chi connectivity index (χ3v) is 3.37. The van der Waals surface area contributed by atoms with Crippen molar-refractivity contribution in [2.45, 2.75) is 13.3 Å². The summed E-state index contributed by atoms with van der Waals surface area (Å²) >= 11 is 0. The zero-order valence-electron chi connectivity index (χ0n) is 11.0. The molecule has 2 aromatic rings. The average molecular weight is 278 g/mol. The molecule has 0 saturated carbocycles. The molecule has 0 spiro atoms. The van der Waals surface area contributed by atoms with Crippen molar-refractivity contribution >= 4 is 16.5 Å². The second-order valence-corrected chi connectivity index (χ2v) is 4.53. The average Bonchev–Trinajstić information content (AvgIpc) is 2.83. The summed E-state index contributed by atoms with van der Waals surface area (Å²) in [4.78, 5) is 3.34. The van der Waals surface area contributed by atoms with Crippen molar-refractivity contribution in [3.63, 3.8) is 0 Å². The fraction of sp³-hybridized carbons (Fsp3) is 0.333. The molecule has 1 aromatic carbocycles. The molecule has 2 N–H and O–H groups in total. The highest BCUT2D eigenvalue weighted by Gasteiger charge is 2.11. The summed E-state index contributed by atoms with van der Waals surface area (Å²) in [5.41, 5.74) is 3.91. The van der Waals surface area contributed by atoms with Crippen LogP contribution in [0.5, 0.6) is 5.75 Å². The molecule has 2 heterocycles. The Balaban J connectivity index is 0.00000133. The van der Waals surface area contributed by atoms with E-state index in [1.165, 1.54) is 22.0 Å². The zero-order chi connectivity index (χ0) is 12.4. The highest BCUT2D eigenvalue weighted by molar-refractivity contribution is 5.93. The third kappa shape index (κ3) is 2.77. The summed E-state index contributed by atoms with van der Waals surface area (Å²) in [5, 5.41) is 4.60. The van der Waals surface area contributed by atoms with Gasteiger partial charge in [0.1, 0.15) is 5.75 Å². The molecular formula is C15H18ClN2O-. The van der Waals surface area contributed by atoms with Crippen LogP contribution in [0.15, 0.2) is 30.5 Å². The van der Waals surface area contributed by atoms with Crippen LogP contribution in [0.25, 0.3) is 16.5 Å². The van der Waals surface area contributed by atoms with Gasteiger partial charge in [-0.1, -0.05) is 6.08 Å². The molecule has 0 bridgehead atoms. The Bertz CT molecular complexity index is 589. The molecule has 102 valence electrons. The monoisotopic (exact) mass is 277 g/mol.